The first-order chi connectivity index (χ1) is 5.79. The maximum Gasteiger partial charge on any atom is 0.000398 e. The Morgan fingerprint density at radius 1 is 1.07 bits per heavy atom. The standard InChI is InChI=1S/C7H15N.2C2H6.CH3.Re/c1-7-4-3-5-8(2)6-7;2*1-2;;/h7H,3-6H2,1-2H3;2*1-2H3;1H3;/q;;;-1;. The van der Waals surface area contributed by atoms with Crippen LogP contribution in [0.3, 0.4) is 0 Å². The van der Waals surface area contributed by atoms with Crippen LogP contribution in [0.1, 0.15) is 47.5 Å². The van der Waals surface area contributed by atoms with Crippen LogP contribution in [0.15, 0.2) is 0 Å². The number of rotatable bonds is 0. The van der Waals surface area contributed by atoms with Crippen molar-refractivity contribution in [3.8, 4) is 0 Å². The molecule has 2 heteroatoms. The normalized spacial score (nSPS) is 19.7. The first kappa shape index (κ1) is 24.0. The fourth-order valence-electron chi connectivity index (χ4n) is 1.42. The van der Waals surface area contributed by atoms with Crippen molar-refractivity contribution in [1.29, 1.82) is 0 Å². The van der Waals surface area contributed by atoms with Gasteiger partial charge in [-0.05, 0) is 32.4 Å². The summed E-state index contributed by atoms with van der Waals surface area (Å²) in [5.74, 6) is 0.939. The number of likely N-dealkylation sites (tertiary alicyclic amines) is 1. The van der Waals surface area contributed by atoms with Gasteiger partial charge in [-0.1, -0.05) is 34.6 Å². The van der Waals surface area contributed by atoms with Crippen LogP contribution >= 0.6 is 0 Å². The van der Waals surface area contributed by atoms with E-state index in [-0.39, 0.29) is 27.8 Å². The van der Waals surface area contributed by atoms with E-state index in [1.165, 1.54) is 25.9 Å². The first-order valence-corrected chi connectivity index (χ1v) is 5.47. The number of piperidine rings is 1. The van der Waals surface area contributed by atoms with Crippen LogP contribution in [0.2, 0.25) is 0 Å². The van der Waals surface area contributed by atoms with Crippen LogP contribution in [0.4, 0.5) is 0 Å². The van der Waals surface area contributed by atoms with Crippen molar-refractivity contribution in [3.05, 3.63) is 7.43 Å². The van der Waals surface area contributed by atoms with E-state index in [4.69, 9.17) is 0 Å². The van der Waals surface area contributed by atoms with Gasteiger partial charge < -0.3 is 12.3 Å². The molecule has 0 aromatic rings. The van der Waals surface area contributed by atoms with Gasteiger partial charge in [-0.3, -0.25) is 0 Å². The summed E-state index contributed by atoms with van der Waals surface area (Å²) < 4.78 is 0. The van der Waals surface area contributed by atoms with E-state index in [0.29, 0.717) is 0 Å². The van der Waals surface area contributed by atoms with Crippen LogP contribution in [-0.2, 0) is 20.4 Å². The number of nitrogens with zero attached hydrogens (tertiary/aromatic N) is 1. The molecule has 1 saturated heterocycles. The molecule has 0 spiro atoms. The van der Waals surface area contributed by atoms with Crippen molar-refractivity contribution in [1.82, 2.24) is 4.90 Å². The Hall–Kier alpha value is 0.622. The summed E-state index contributed by atoms with van der Waals surface area (Å²) in [6, 6.07) is 0. The van der Waals surface area contributed by atoms with Crippen LogP contribution < -0.4 is 0 Å². The van der Waals surface area contributed by atoms with Gasteiger partial charge >= 0.3 is 0 Å². The zero-order valence-corrected chi connectivity index (χ0v) is 13.9. The minimum absolute atomic E-state index is 0. The smallest absolute Gasteiger partial charge is 0.000398 e. The largest absolute Gasteiger partial charge is 0.358 e. The molecule has 14 heavy (non-hydrogen) atoms. The van der Waals surface area contributed by atoms with E-state index in [1.807, 2.05) is 27.7 Å². The molecular weight excluding hydrogens is 344 g/mol. The molecule has 0 bridgehead atoms. The van der Waals surface area contributed by atoms with Crippen LogP contribution in [0.25, 0.3) is 0 Å². The minimum Gasteiger partial charge on any atom is -0.358 e. The van der Waals surface area contributed by atoms with E-state index in [0.717, 1.165) is 5.92 Å². The minimum atomic E-state index is 0. The van der Waals surface area contributed by atoms with Crippen molar-refractivity contribution < 1.29 is 20.4 Å². The van der Waals surface area contributed by atoms with Crippen molar-refractivity contribution in [2.45, 2.75) is 47.5 Å². The van der Waals surface area contributed by atoms with Gasteiger partial charge in [0.2, 0.25) is 0 Å². The van der Waals surface area contributed by atoms with Crippen molar-refractivity contribution in [2.75, 3.05) is 20.1 Å². The Labute approximate surface area is 106 Å². The summed E-state index contributed by atoms with van der Waals surface area (Å²) in [5.41, 5.74) is 0. The summed E-state index contributed by atoms with van der Waals surface area (Å²) in [5, 5.41) is 0. The van der Waals surface area contributed by atoms with E-state index in [1.54, 1.807) is 0 Å². The summed E-state index contributed by atoms with van der Waals surface area (Å²) in [4.78, 5) is 2.41. The molecule has 1 rings (SSSR count). The Morgan fingerprint density at radius 3 is 1.71 bits per heavy atom. The van der Waals surface area contributed by atoms with Gasteiger partial charge in [-0.15, -0.1) is 0 Å². The number of hydrogen-bond donors (Lipinski definition) is 0. The van der Waals surface area contributed by atoms with Crippen molar-refractivity contribution in [3.63, 3.8) is 0 Å². The van der Waals surface area contributed by atoms with Crippen LogP contribution in [0, 0.1) is 13.3 Å². The monoisotopic (exact) mass is 375 g/mol. The maximum atomic E-state index is 2.41. The molecule has 91 valence electrons. The summed E-state index contributed by atoms with van der Waals surface area (Å²) >= 11 is 0. The predicted molar refractivity (Wildman–Crippen MR) is 65.0 cm³/mol. The van der Waals surface area contributed by atoms with E-state index >= 15 is 0 Å². The fraction of sp³-hybridized carbons (Fsp3) is 0.917. The molecule has 1 aliphatic heterocycles. The van der Waals surface area contributed by atoms with E-state index in [2.05, 4.69) is 18.9 Å². The molecule has 0 amide bonds. The second kappa shape index (κ2) is 19.2. The molecule has 1 aliphatic rings. The molecule has 0 aromatic carbocycles. The topological polar surface area (TPSA) is 3.24 Å². The average molecular weight is 375 g/mol. The Kier molecular flexibility index (Phi) is 33.0. The molecule has 1 heterocycles. The van der Waals surface area contributed by atoms with E-state index < -0.39 is 0 Å². The van der Waals surface area contributed by atoms with Gasteiger partial charge in [0.25, 0.3) is 0 Å². The zero-order valence-electron chi connectivity index (χ0n) is 11.2. The fourth-order valence-corrected chi connectivity index (χ4v) is 1.42. The van der Waals surface area contributed by atoms with E-state index in [9.17, 15) is 0 Å². The first-order valence-electron chi connectivity index (χ1n) is 5.47. The molecule has 0 saturated carbocycles. The Morgan fingerprint density at radius 2 is 1.50 bits per heavy atom. The number of hydrogen-bond acceptors (Lipinski definition) is 1. The second-order valence-corrected chi connectivity index (χ2v) is 3.01. The third-order valence-electron chi connectivity index (χ3n) is 1.86. The Bertz CT molecular complexity index is 68.7. The molecular formula is C12H30NRe-. The predicted octanol–water partition coefficient (Wildman–Crippen LogP) is 3.85. The molecule has 0 aromatic heterocycles. The molecule has 1 fully saturated rings. The molecule has 0 N–H and O–H groups in total. The van der Waals surface area contributed by atoms with Gasteiger partial charge in [-0.2, -0.15) is 0 Å². The molecule has 1 nitrogen and oxygen atoms in total. The molecule has 1 radical (unpaired) electrons. The summed E-state index contributed by atoms with van der Waals surface area (Å²) in [6.07, 6.45) is 2.84. The van der Waals surface area contributed by atoms with Gasteiger partial charge in [-0.25, -0.2) is 0 Å². The van der Waals surface area contributed by atoms with Crippen molar-refractivity contribution >= 4 is 0 Å². The Balaban J connectivity index is -0.0000000750. The second-order valence-electron chi connectivity index (χ2n) is 3.01. The summed E-state index contributed by atoms with van der Waals surface area (Å²) in [6.45, 7) is 12.9. The molecule has 1 unspecified atom stereocenters. The van der Waals surface area contributed by atoms with Crippen LogP contribution in [-0.4, -0.2) is 25.0 Å². The van der Waals surface area contributed by atoms with Gasteiger partial charge in [0, 0.05) is 27.0 Å². The zero-order chi connectivity index (χ0) is 9.98. The maximum absolute atomic E-state index is 2.41. The third kappa shape index (κ3) is 15.1. The van der Waals surface area contributed by atoms with Crippen LogP contribution in [0.5, 0.6) is 0 Å². The third-order valence-corrected chi connectivity index (χ3v) is 1.86. The quantitative estimate of drug-likeness (QED) is 0.582. The SMILES string of the molecule is CC.CC.CC1CCCN(C)C1.[CH3-].[Re]. The molecule has 1 atom stereocenters. The van der Waals surface area contributed by atoms with Gasteiger partial charge in [0.1, 0.15) is 0 Å². The van der Waals surface area contributed by atoms with Gasteiger partial charge in [0.15, 0.2) is 0 Å². The van der Waals surface area contributed by atoms with Crippen molar-refractivity contribution in [2.24, 2.45) is 5.92 Å². The summed E-state index contributed by atoms with van der Waals surface area (Å²) in [7, 11) is 2.20. The average Bonchev–Trinajstić information content (AvgIpc) is 2.11. The van der Waals surface area contributed by atoms with Gasteiger partial charge in [0.05, 0.1) is 0 Å². The molecule has 0 aliphatic carbocycles.